The summed E-state index contributed by atoms with van der Waals surface area (Å²) in [5.74, 6) is 0. The van der Waals surface area contributed by atoms with Crippen LogP contribution in [-0.4, -0.2) is 4.98 Å². The second kappa shape index (κ2) is 3.01. The molecule has 0 aliphatic heterocycles. The van der Waals surface area contributed by atoms with E-state index in [1.54, 1.807) is 0 Å². The maximum Gasteiger partial charge on any atom is 0.0676 e. The van der Waals surface area contributed by atoms with Crippen LogP contribution in [-0.2, 0) is 0 Å². The first-order chi connectivity index (χ1) is 7.27. The number of H-pyrrole nitrogens is 1. The molecule has 1 heterocycles. The summed E-state index contributed by atoms with van der Waals surface area (Å²) >= 11 is 6.27. The Hall–Kier alpha value is -1.47. The Bertz CT molecular complexity index is 652. The van der Waals surface area contributed by atoms with Crippen molar-refractivity contribution in [2.75, 3.05) is 0 Å². The average molecular weight is 216 g/mol. The van der Waals surface area contributed by atoms with Gasteiger partial charge in [0.15, 0.2) is 0 Å². The molecular weight excluding hydrogens is 206 g/mol. The minimum absolute atomic E-state index is 0.823. The molecule has 0 saturated heterocycles. The van der Waals surface area contributed by atoms with Gasteiger partial charge in [-0.05, 0) is 18.6 Å². The van der Waals surface area contributed by atoms with Gasteiger partial charge in [0.05, 0.1) is 10.5 Å². The maximum atomic E-state index is 6.27. The van der Waals surface area contributed by atoms with Crippen molar-refractivity contribution in [1.82, 2.24) is 4.98 Å². The maximum absolute atomic E-state index is 6.27. The van der Waals surface area contributed by atoms with Crippen molar-refractivity contribution in [2.45, 2.75) is 6.92 Å². The molecule has 2 heteroatoms. The molecule has 2 aromatic carbocycles. The third-order valence-corrected chi connectivity index (χ3v) is 3.30. The van der Waals surface area contributed by atoms with Crippen molar-refractivity contribution in [3.05, 3.63) is 47.0 Å². The molecule has 0 aliphatic carbocycles. The van der Waals surface area contributed by atoms with Crippen molar-refractivity contribution in [1.29, 1.82) is 0 Å². The monoisotopic (exact) mass is 215 g/mol. The average Bonchev–Trinajstić information content (AvgIpc) is 2.63. The van der Waals surface area contributed by atoms with Crippen LogP contribution in [0.15, 0.2) is 36.4 Å². The predicted octanol–water partition coefficient (Wildman–Crippen LogP) is 4.28. The van der Waals surface area contributed by atoms with E-state index in [4.69, 9.17) is 11.6 Å². The summed E-state index contributed by atoms with van der Waals surface area (Å²) < 4.78 is 0. The summed E-state index contributed by atoms with van der Waals surface area (Å²) in [6, 6.07) is 12.4. The van der Waals surface area contributed by atoms with E-state index >= 15 is 0 Å². The van der Waals surface area contributed by atoms with Gasteiger partial charge in [-0.3, -0.25) is 0 Å². The molecule has 0 saturated carbocycles. The highest BCUT2D eigenvalue weighted by molar-refractivity contribution is 6.37. The lowest BCUT2D eigenvalue weighted by atomic mass is 10.1. The van der Waals surface area contributed by atoms with Gasteiger partial charge in [0.2, 0.25) is 0 Å². The topological polar surface area (TPSA) is 15.8 Å². The molecule has 15 heavy (non-hydrogen) atoms. The lowest BCUT2D eigenvalue weighted by Gasteiger charge is -1.98. The summed E-state index contributed by atoms with van der Waals surface area (Å²) in [5, 5.41) is 3.25. The zero-order chi connectivity index (χ0) is 10.4. The van der Waals surface area contributed by atoms with Crippen LogP contribution in [0.5, 0.6) is 0 Å². The molecule has 3 rings (SSSR count). The lowest BCUT2D eigenvalue weighted by molar-refractivity contribution is 1.47. The first-order valence-electron chi connectivity index (χ1n) is 4.93. The minimum Gasteiger partial charge on any atom is -0.353 e. The zero-order valence-corrected chi connectivity index (χ0v) is 9.10. The first kappa shape index (κ1) is 8.81. The predicted molar refractivity (Wildman–Crippen MR) is 65.6 cm³/mol. The van der Waals surface area contributed by atoms with Crippen molar-refractivity contribution in [3.63, 3.8) is 0 Å². The summed E-state index contributed by atoms with van der Waals surface area (Å²) in [6.07, 6.45) is 0. The number of aromatic nitrogens is 1. The van der Waals surface area contributed by atoms with Crippen LogP contribution in [0.1, 0.15) is 5.56 Å². The Morgan fingerprint density at radius 2 is 1.80 bits per heavy atom. The Balaban J connectivity index is 2.60. The Kier molecular flexibility index (Phi) is 1.77. The summed E-state index contributed by atoms with van der Waals surface area (Å²) in [5.41, 5.74) is 3.29. The van der Waals surface area contributed by atoms with E-state index in [9.17, 15) is 0 Å². The number of benzene rings is 2. The fourth-order valence-electron chi connectivity index (χ4n) is 1.99. The standard InChI is InChI=1S/C13H10ClN/c1-8-6-7-10-9-4-2-3-5-11(9)15-13(10)12(8)14/h2-7,15H,1H3. The molecule has 1 aromatic heterocycles. The highest BCUT2D eigenvalue weighted by atomic mass is 35.5. The SMILES string of the molecule is Cc1ccc2c([nH]c3ccccc32)c1Cl. The van der Waals surface area contributed by atoms with Gasteiger partial charge in [-0.25, -0.2) is 0 Å². The highest BCUT2D eigenvalue weighted by Crippen LogP contribution is 2.31. The molecule has 0 fully saturated rings. The number of para-hydroxylation sites is 1. The van der Waals surface area contributed by atoms with Crippen molar-refractivity contribution >= 4 is 33.4 Å². The van der Waals surface area contributed by atoms with Crippen molar-refractivity contribution in [3.8, 4) is 0 Å². The molecular formula is C13H10ClN. The van der Waals surface area contributed by atoms with Crippen molar-refractivity contribution < 1.29 is 0 Å². The molecule has 0 unspecified atom stereocenters. The number of hydrogen-bond acceptors (Lipinski definition) is 0. The normalized spacial score (nSPS) is 11.3. The van der Waals surface area contributed by atoms with Crippen LogP contribution >= 0.6 is 11.6 Å². The largest absolute Gasteiger partial charge is 0.353 e. The van der Waals surface area contributed by atoms with Crippen LogP contribution in [0.25, 0.3) is 21.8 Å². The number of nitrogens with one attached hydrogen (secondary N) is 1. The van der Waals surface area contributed by atoms with E-state index in [2.05, 4.69) is 29.2 Å². The molecule has 0 bridgehead atoms. The van der Waals surface area contributed by atoms with Gasteiger partial charge in [-0.2, -0.15) is 0 Å². The van der Waals surface area contributed by atoms with Crippen molar-refractivity contribution in [2.24, 2.45) is 0 Å². The van der Waals surface area contributed by atoms with Gasteiger partial charge in [-0.1, -0.05) is 41.9 Å². The highest BCUT2D eigenvalue weighted by Gasteiger charge is 2.07. The molecule has 0 spiro atoms. The molecule has 0 radical (unpaired) electrons. The number of aromatic amines is 1. The molecule has 3 aromatic rings. The summed E-state index contributed by atoms with van der Waals surface area (Å²) in [6.45, 7) is 2.02. The number of hydrogen-bond donors (Lipinski definition) is 1. The molecule has 1 nitrogen and oxygen atoms in total. The van der Waals surface area contributed by atoms with Gasteiger partial charge in [-0.15, -0.1) is 0 Å². The smallest absolute Gasteiger partial charge is 0.0676 e. The van der Waals surface area contributed by atoms with Gasteiger partial charge < -0.3 is 4.98 Å². The fourth-order valence-corrected chi connectivity index (χ4v) is 2.20. The van der Waals surface area contributed by atoms with E-state index in [0.29, 0.717) is 0 Å². The van der Waals surface area contributed by atoms with E-state index in [0.717, 1.165) is 21.6 Å². The molecule has 1 N–H and O–H groups in total. The third kappa shape index (κ3) is 1.17. The Morgan fingerprint density at radius 1 is 1.00 bits per heavy atom. The third-order valence-electron chi connectivity index (χ3n) is 2.81. The Morgan fingerprint density at radius 3 is 2.67 bits per heavy atom. The molecule has 0 aliphatic rings. The van der Waals surface area contributed by atoms with Crippen LogP contribution in [0.3, 0.4) is 0 Å². The molecule has 0 atom stereocenters. The van der Waals surface area contributed by atoms with Gasteiger partial charge in [0.1, 0.15) is 0 Å². The number of rotatable bonds is 0. The van der Waals surface area contributed by atoms with Gasteiger partial charge >= 0.3 is 0 Å². The number of aryl methyl sites for hydroxylation is 1. The van der Waals surface area contributed by atoms with Gasteiger partial charge in [0, 0.05) is 16.3 Å². The van der Waals surface area contributed by atoms with Crippen LogP contribution in [0.2, 0.25) is 5.02 Å². The summed E-state index contributed by atoms with van der Waals surface area (Å²) in [4.78, 5) is 3.36. The summed E-state index contributed by atoms with van der Waals surface area (Å²) in [7, 11) is 0. The second-order valence-electron chi connectivity index (χ2n) is 3.79. The number of halogens is 1. The number of fused-ring (bicyclic) bond motifs is 3. The second-order valence-corrected chi connectivity index (χ2v) is 4.17. The fraction of sp³-hybridized carbons (Fsp3) is 0.0769. The van der Waals surface area contributed by atoms with E-state index in [1.165, 1.54) is 10.8 Å². The zero-order valence-electron chi connectivity index (χ0n) is 8.34. The molecule has 0 amide bonds. The van der Waals surface area contributed by atoms with E-state index < -0.39 is 0 Å². The Labute approximate surface area is 92.7 Å². The van der Waals surface area contributed by atoms with Gasteiger partial charge in [0.25, 0.3) is 0 Å². The lowest BCUT2D eigenvalue weighted by Crippen LogP contribution is -1.76. The quantitative estimate of drug-likeness (QED) is 0.576. The first-order valence-corrected chi connectivity index (χ1v) is 5.30. The van der Waals surface area contributed by atoms with Crippen LogP contribution in [0.4, 0.5) is 0 Å². The molecule has 74 valence electrons. The van der Waals surface area contributed by atoms with E-state index in [-0.39, 0.29) is 0 Å². The van der Waals surface area contributed by atoms with Crippen LogP contribution < -0.4 is 0 Å². The van der Waals surface area contributed by atoms with Crippen LogP contribution in [0, 0.1) is 6.92 Å². The minimum atomic E-state index is 0.823. The van der Waals surface area contributed by atoms with E-state index in [1.807, 2.05) is 19.1 Å².